The third kappa shape index (κ3) is 5.22. The first-order valence-electron chi connectivity index (χ1n) is 7.26. The highest BCUT2D eigenvalue weighted by Crippen LogP contribution is 2.26. The molecule has 1 atom stereocenters. The van der Waals surface area contributed by atoms with Crippen LogP contribution in [-0.4, -0.2) is 6.61 Å². The Morgan fingerprint density at radius 3 is 2.65 bits per heavy atom. The standard InChI is InChI=1S/C17H26N2O/c1-13-7-8-15(14(2)19)16(11-13)20-10-6-5-9-17(3,4)12-18/h7-8,11,14H,5-6,9-10,19H2,1-4H3. The van der Waals surface area contributed by atoms with E-state index in [1.165, 1.54) is 5.56 Å². The molecule has 0 spiro atoms. The molecule has 0 aliphatic carbocycles. The average Bonchev–Trinajstić information content (AvgIpc) is 2.38. The van der Waals surface area contributed by atoms with Crippen molar-refractivity contribution in [2.24, 2.45) is 11.1 Å². The number of benzene rings is 1. The summed E-state index contributed by atoms with van der Waals surface area (Å²) in [6.45, 7) is 8.64. The summed E-state index contributed by atoms with van der Waals surface area (Å²) in [4.78, 5) is 0. The molecule has 0 saturated carbocycles. The third-order valence-electron chi connectivity index (χ3n) is 3.42. The fraction of sp³-hybridized carbons (Fsp3) is 0.588. The molecule has 1 aromatic rings. The summed E-state index contributed by atoms with van der Waals surface area (Å²) in [5, 5.41) is 8.96. The van der Waals surface area contributed by atoms with E-state index in [0.717, 1.165) is 30.6 Å². The lowest BCUT2D eigenvalue weighted by Crippen LogP contribution is -2.10. The normalized spacial score (nSPS) is 12.8. The van der Waals surface area contributed by atoms with Gasteiger partial charge in [0.05, 0.1) is 18.1 Å². The van der Waals surface area contributed by atoms with Crippen molar-refractivity contribution in [2.75, 3.05) is 6.61 Å². The summed E-state index contributed by atoms with van der Waals surface area (Å²) in [5.74, 6) is 0.888. The molecule has 3 heteroatoms. The van der Waals surface area contributed by atoms with Gasteiger partial charge >= 0.3 is 0 Å². The van der Waals surface area contributed by atoms with Crippen LogP contribution in [0.4, 0.5) is 0 Å². The second kappa shape index (κ2) is 7.31. The van der Waals surface area contributed by atoms with Crippen LogP contribution in [0.2, 0.25) is 0 Å². The van der Waals surface area contributed by atoms with E-state index in [0.29, 0.717) is 6.61 Å². The molecule has 0 aromatic heterocycles. The topological polar surface area (TPSA) is 59.0 Å². The van der Waals surface area contributed by atoms with Gasteiger partial charge in [-0.1, -0.05) is 12.1 Å². The second-order valence-electron chi connectivity index (χ2n) is 6.13. The molecule has 20 heavy (non-hydrogen) atoms. The van der Waals surface area contributed by atoms with Crippen molar-refractivity contribution >= 4 is 0 Å². The molecule has 0 saturated heterocycles. The Bertz CT molecular complexity index is 472. The summed E-state index contributed by atoms with van der Waals surface area (Å²) < 4.78 is 5.86. The van der Waals surface area contributed by atoms with Crippen LogP contribution in [0.5, 0.6) is 5.75 Å². The molecule has 0 radical (unpaired) electrons. The van der Waals surface area contributed by atoms with Gasteiger partial charge in [-0.15, -0.1) is 0 Å². The quantitative estimate of drug-likeness (QED) is 0.761. The lowest BCUT2D eigenvalue weighted by Gasteiger charge is -2.16. The number of ether oxygens (including phenoxy) is 1. The molecular weight excluding hydrogens is 248 g/mol. The van der Waals surface area contributed by atoms with Gasteiger partial charge in [-0.05, 0) is 58.6 Å². The Balaban J connectivity index is 2.46. The number of hydrogen-bond acceptors (Lipinski definition) is 3. The predicted molar refractivity (Wildman–Crippen MR) is 82.5 cm³/mol. The minimum Gasteiger partial charge on any atom is -0.493 e. The van der Waals surface area contributed by atoms with Crippen LogP contribution in [0, 0.1) is 23.7 Å². The van der Waals surface area contributed by atoms with E-state index in [1.807, 2.05) is 39.8 Å². The van der Waals surface area contributed by atoms with Crippen LogP contribution >= 0.6 is 0 Å². The number of hydrogen-bond donors (Lipinski definition) is 1. The Kier molecular flexibility index (Phi) is 6.04. The molecule has 0 amide bonds. The molecule has 0 heterocycles. The first kappa shape index (κ1) is 16.5. The SMILES string of the molecule is Cc1ccc(C(C)N)c(OCCCCC(C)(C)C#N)c1. The first-order chi connectivity index (χ1) is 9.35. The Hall–Kier alpha value is -1.53. The largest absolute Gasteiger partial charge is 0.493 e. The van der Waals surface area contributed by atoms with E-state index in [4.69, 9.17) is 15.7 Å². The Labute approximate surface area is 122 Å². The van der Waals surface area contributed by atoms with Crippen LogP contribution in [-0.2, 0) is 0 Å². The van der Waals surface area contributed by atoms with Crippen molar-refractivity contribution in [2.45, 2.75) is 53.0 Å². The van der Waals surface area contributed by atoms with Gasteiger partial charge in [0.15, 0.2) is 0 Å². The lowest BCUT2D eigenvalue weighted by atomic mass is 9.89. The number of nitriles is 1. The van der Waals surface area contributed by atoms with Crippen LogP contribution in [0.15, 0.2) is 18.2 Å². The number of rotatable bonds is 7. The third-order valence-corrected chi connectivity index (χ3v) is 3.42. The first-order valence-corrected chi connectivity index (χ1v) is 7.26. The van der Waals surface area contributed by atoms with Crippen LogP contribution < -0.4 is 10.5 Å². The van der Waals surface area contributed by atoms with Gasteiger partial charge in [0.25, 0.3) is 0 Å². The number of nitrogens with zero attached hydrogens (tertiary/aromatic N) is 1. The van der Waals surface area contributed by atoms with Gasteiger partial charge in [-0.2, -0.15) is 5.26 Å². The molecule has 1 aromatic carbocycles. The zero-order valence-electron chi connectivity index (χ0n) is 13.1. The number of nitrogens with two attached hydrogens (primary N) is 1. The van der Waals surface area contributed by atoms with Crippen molar-refractivity contribution in [1.29, 1.82) is 5.26 Å². The van der Waals surface area contributed by atoms with Crippen molar-refractivity contribution in [1.82, 2.24) is 0 Å². The van der Waals surface area contributed by atoms with Gasteiger partial charge in [0.1, 0.15) is 5.75 Å². The summed E-state index contributed by atoms with van der Waals surface area (Å²) >= 11 is 0. The van der Waals surface area contributed by atoms with E-state index >= 15 is 0 Å². The van der Waals surface area contributed by atoms with Gasteiger partial charge < -0.3 is 10.5 Å². The molecule has 0 bridgehead atoms. The number of aryl methyl sites for hydroxylation is 1. The Morgan fingerprint density at radius 2 is 2.05 bits per heavy atom. The molecule has 1 unspecified atom stereocenters. The van der Waals surface area contributed by atoms with E-state index in [9.17, 15) is 0 Å². The molecule has 1 rings (SSSR count). The molecule has 0 fully saturated rings. The van der Waals surface area contributed by atoms with Gasteiger partial charge in [-0.3, -0.25) is 0 Å². The summed E-state index contributed by atoms with van der Waals surface area (Å²) in [5.41, 5.74) is 7.94. The zero-order valence-corrected chi connectivity index (χ0v) is 13.1. The predicted octanol–water partition coefficient (Wildman–Crippen LogP) is 4.11. The zero-order chi connectivity index (χ0) is 15.2. The maximum absolute atomic E-state index is 8.96. The van der Waals surface area contributed by atoms with Gasteiger partial charge in [0.2, 0.25) is 0 Å². The van der Waals surface area contributed by atoms with Crippen molar-refractivity contribution in [3.8, 4) is 11.8 Å². The second-order valence-corrected chi connectivity index (χ2v) is 6.13. The minimum atomic E-state index is -0.236. The highest BCUT2D eigenvalue weighted by molar-refractivity contribution is 5.38. The van der Waals surface area contributed by atoms with E-state index in [1.54, 1.807) is 0 Å². The van der Waals surface area contributed by atoms with Gasteiger partial charge in [0, 0.05) is 11.6 Å². The molecule has 0 aliphatic heterocycles. The number of unbranched alkanes of at least 4 members (excludes halogenated alkanes) is 1. The highest BCUT2D eigenvalue weighted by atomic mass is 16.5. The smallest absolute Gasteiger partial charge is 0.124 e. The molecular formula is C17H26N2O. The monoisotopic (exact) mass is 274 g/mol. The van der Waals surface area contributed by atoms with E-state index in [-0.39, 0.29) is 11.5 Å². The highest BCUT2D eigenvalue weighted by Gasteiger charge is 2.15. The molecule has 2 N–H and O–H groups in total. The van der Waals surface area contributed by atoms with Crippen molar-refractivity contribution in [3.05, 3.63) is 29.3 Å². The van der Waals surface area contributed by atoms with Crippen LogP contribution in [0.25, 0.3) is 0 Å². The van der Waals surface area contributed by atoms with Crippen molar-refractivity contribution < 1.29 is 4.74 Å². The maximum Gasteiger partial charge on any atom is 0.124 e. The molecule has 0 aliphatic rings. The summed E-state index contributed by atoms with van der Waals surface area (Å²) in [7, 11) is 0. The Morgan fingerprint density at radius 1 is 1.35 bits per heavy atom. The molecule has 3 nitrogen and oxygen atoms in total. The maximum atomic E-state index is 8.96. The fourth-order valence-corrected chi connectivity index (χ4v) is 2.05. The average molecular weight is 274 g/mol. The van der Waals surface area contributed by atoms with E-state index < -0.39 is 0 Å². The lowest BCUT2D eigenvalue weighted by molar-refractivity contribution is 0.291. The fourth-order valence-electron chi connectivity index (χ4n) is 2.05. The van der Waals surface area contributed by atoms with Crippen LogP contribution in [0.3, 0.4) is 0 Å². The van der Waals surface area contributed by atoms with Gasteiger partial charge in [-0.25, -0.2) is 0 Å². The summed E-state index contributed by atoms with van der Waals surface area (Å²) in [6.07, 6.45) is 2.86. The summed E-state index contributed by atoms with van der Waals surface area (Å²) in [6, 6.07) is 8.43. The van der Waals surface area contributed by atoms with E-state index in [2.05, 4.69) is 12.1 Å². The van der Waals surface area contributed by atoms with Crippen LogP contribution in [0.1, 0.15) is 57.2 Å². The minimum absolute atomic E-state index is 0.0249. The molecule has 110 valence electrons. The van der Waals surface area contributed by atoms with Crippen molar-refractivity contribution in [3.63, 3.8) is 0 Å².